The monoisotopic (exact) mass is 385 g/mol. The highest BCUT2D eigenvalue weighted by Crippen LogP contribution is 2.28. The third-order valence-corrected chi connectivity index (χ3v) is 4.21. The molecule has 0 unspecified atom stereocenters. The molecule has 10 heteroatoms. The average Bonchev–Trinajstić information content (AvgIpc) is 3.20. The van der Waals surface area contributed by atoms with Gasteiger partial charge in [-0.2, -0.15) is 5.10 Å². The standard InChI is InChI=1S/C17H15N5O4S/c1-10-15(23)19-17(22-20-10)21-18-9-11-5-6-12(13(8-11)25-2)26-16(24)14-4-3-7-27-14/h3-9H,1-2H3,(H2,19,21,22,23)/b18-9-. The molecule has 0 saturated heterocycles. The van der Waals surface area contributed by atoms with Crippen molar-refractivity contribution in [1.82, 2.24) is 15.2 Å². The van der Waals surface area contributed by atoms with Gasteiger partial charge < -0.3 is 9.47 Å². The molecule has 0 radical (unpaired) electrons. The Morgan fingerprint density at radius 1 is 1.30 bits per heavy atom. The second kappa shape index (κ2) is 8.23. The predicted molar refractivity (Wildman–Crippen MR) is 101 cm³/mol. The Labute approximate surface area is 157 Å². The van der Waals surface area contributed by atoms with Gasteiger partial charge in [0.05, 0.1) is 13.3 Å². The minimum Gasteiger partial charge on any atom is -0.493 e. The van der Waals surface area contributed by atoms with Gasteiger partial charge in [-0.15, -0.1) is 21.5 Å². The Hall–Kier alpha value is -3.53. The lowest BCUT2D eigenvalue weighted by Crippen LogP contribution is -2.15. The van der Waals surface area contributed by atoms with Crippen LogP contribution in [0.2, 0.25) is 0 Å². The summed E-state index contributed by atoms with van der Waals surface area (Å²) >= 11 is 1.30. The number of hydrogen-bond acceptors (Lipinski definition) is 9. The van der Waals surface area contributed by atoms with E-state index in [1.165, 1.54) is 24.7 Å². The van der Waals surface area contributed by atoms with Gasteiger partial charge in [0.1, 0.15) is 10.6 Å². The van der Waals surface area contributed by atoms with Crippen LogP contribution in [0.15, 0.2) is 45.6 Å². The number of benzene rings is 1. The zero-order valence-electron chi connectivity index (χ0n) is 14.4. The van der Waals surface area contributed by atoms with Crippen LogP contribution < -0.4 is 20.5 Å². The fourth-order valence-electron chi connectivity index (χ4n) is 2.01. The minimum absolute atomic E-state index is 0.121. The number of aryl methyl sites for hydroxylation is 1. The van der Waals surface area contributed by atoms with Crippen molar-refractivity contribution < 1.29 is 14.3 Å². The maximum atomic E-state index is 12.1. The van der Waals surface area contributed by atoms with Gasteiger partial charge >= 0.3 is 5.97 Å². The molecule has 27 heavy (non-hydrogen) atoms. The van der Waals surface area contributed by atoms with E-state index >= 15 is 0 Å². The second-order valence-corrected chi connectivity index (χ2v) is 6.18. The van der Waals surface area contributed by atoms with Crippen LogP contribution in [0, 0.1) is 6.92 Å². The molecule has 0 aliphatic heterocycles. The molecule has 0 bridgehead atoms. The van der Waals surface area contributed by atoms with E-state index in [4.69, 9.17) is 9.47 Å². The number of nitrogens with one attached hydrogen (secondary N) is 2. The lowest BCUT2D eigenvalue weighted by molar-refractivity contribution is 0.0735. The van der Waals surface area contributed by atoms with Gasteiger partial charge in [-0.25, -0.2) is 10.2 Å². The predicted octanol–water partition coefficient (Wildman–Crippen LogP) is 2.21. The minimum atomic E-state index is -0.451. The summed E-state index contributed by atoms with van der Waals surface area (Å²) in [5, 5.41) is 13.2. The molecule has 0 amide bonds. The average molecular weight is 385 g/mol. The Morgan fingerprint density at radius 3 is 2.85 bits per heavy atom. The van der Waals surface area contributed by atoms with Gasteiger partial charge in [0.25, 0.3) is 5.56 Å². The molecule has 2 heterocycles. The van der Waals surface area contributed by atoms with Crippen LogP contribution in [0.1, 0.15) is 20.9 Å². The molecule has 138 valence electrons. The van der Waals surface area contributed by atoms with Crippen molar-refractivity contribution in [2.75, 3.05) is 12.5 Å². The van der Waals surface area contributed by atoms with E-state index in [0.717, 1.165) is 0 Å². The molecule has 9 nitrogen and oxygen atoms in total. The third-order valence-electron chi connectivity index (χ3n) is 3.36. The number of anilines is 1. The number of aromatic nitrogens is 3. The smallest absolute Gasteiger partial charge is 0.353 e. The van der Waals surface area contributed by atoms with Gasteiger partial charge in [0.2, 0.25) is 5.95 Å². The number of nitrogens with zero attached hydrogens (tertiary/aromatic N) is 3. The molecule has 3 rings (SSSR count). The van der Waals surface area contributed by atoms with Crippen LogP contribution in [-0.2, 0) is 0 Å². The van der Waals surface area contributed by atoms with Crippen molar-refractivity contribution in [3.63, 3.8) is 0 Å². The highest BCUT2D eigenvalue weighted by atomic mass is 32.1. The highest BCUT2D eigenvalue weighted by molar-refractivity contribution is 7.12. The van der Waals surface area contributed by atoms with Crippen molar-refractivity contribution in [3.8, 4) is 11.5 Å². The summed E-state index contributed by atoms with van der Waals surface area (Å²) in [4.78, 5) is 26.5. The molecule has 2 N–H and O–H groups in total. The van der Waals surface area contributed by atoms with E-state index in [2.05, 4.69) is 25.7 Å². The van der Waals surface area contributed by atoms with E-state index in [1.54, 1.807) is 42.6 Å². The highest BCUT2D eigenvalue weighted by Gasteiger charge is 2.13. The van der Waals surface area contributed by atoms with Crippen LogP contribution in [0.5, 0.6) is 11.5 Å². The first-order valence-electron chi connectivity index (χ1n) is 7.73. The van der Waals surface area contributed by atoms with Crippen molar-refractivity contribution in [2.24, 2.45) is 5.10 Å². The quantitative estimate of drug-likeness (QED) is 0.289. The molecule has 2 aromatic heterocycles. The normalized spacial score (nSPS) is 10.7. The number of methoxy groups -OCH3 is 1. The van der Waals surface area contributed by atoms with Crippen molar-refractivity contribution in [2.45, 2.75) is 6.92 Å². The number of ether oxygens (including phenoxy) is 2. The van der Waals surface area contributed by atoms with Crippen LogP contribution in [0.4, 0.5) is 5.95 Å². The molecule has 0 aliphatic rings. The third kappa shape index (κ3) is 4.55. The zero-order chi connectivity index (χ0) is 19.2. The number of hydrazone groups is 1. The van der Waals surface area contributed by atoms with Gasteiger partial charge in [-0.05, 0) is 42.1 Å². The molecule has 0 aliphatic carbocycles. The molecule has 0 saturated carbocycles. The molecule has 0 fully saturated rings. The van der Waals surface area contributed by atoms with E-state index in [9.17, 15) is 9.59 Å². The lowest BCUT2D eigenvalue weighted by atomic mass is 10.2. The first-order valence-corrected chi connectivity index (χ1v) is 8.61. The fourth-order valence-corrected chi connectivity index (χ4v) is 2.60. The van der Waals surface area contributed by atoms with Crippen molar-refractivity contribution in [3.05, 3.63) is 62.2 Å². The second-order valence-electron chi connectivity index (χ2n) is 5.24. The Bertz CT molecular complexity index is 1030. The summed E-state index contributed by atoms with van der Waals surface area (Å²) in [6.45, 7) is 1.55. The molecular weight excluding hydrogens is 370 g/mol. The number of carbonyl (C=O) groups excluding carboxylic acids is 1. The van der Waals surface area contributed by atoms with Crippen LogP contribution in [-0.4, -0.2) is 34.5 Å². The zero-order valence-corrected chi connectivity index (χ0v) is 15.2. The van der Waals surface area contributed by atoms with E-state index in [-0.39, 0.29) is 17.2 Å². The number of hydrogen-bond donors (Lipinski definition) is 2. The molecule has 3 aromatic rings. The van der Waals surface area contributed by atoms with E-state index in [1.807, 2.05) is 0 Å². The fraction of sp³-hybridized carbons (Fsp3) is 0.118. The largest absolute Gasteiger partial charge is 0.493 e. The summed E-state index contributed by atoms with van der Waals surface area (Å²) < 4.78 is 10.6. The van der Waals surface area contributed by atoms with Crippen molar-refractivity contribution >= 4 is 29.5 Å². The first kappa shape index (κ1) is 18.3. The summed E-state index contributed by atoms with van der Waals surface area (Å²) in [5.74, 6) is 0.353. The Balaban J connectivity index is 1.70. The van der Waals surface area contributed by atoms with Gasteiger partial charge in [0.15, 0.2) is 11.5 Å². The number of carbonyl (C=O) groups is 1. The van der Waals surface area contributed by atoms with Gasteiger partial charge in [-0.1, -0.05) is 6.07 Å². The summed E-state index contributed by atoms with van der Waals surface area (Å²) in [6, 6.07) is 8.43. The van der Waals surface area contributed by atoms with Gasteiger partial charge in [0, 0.05) is 0 Å². The topological polar surface area (TPSA) is 119 Å². The van der Waals surface area contributed by atoms with Crippen LogP contribution >= 0.6 is 11.3 Å². The number of thiophene rings is 1. The SMILES string of the molecule is COc1cc(/C=N\Nc2nnc(C)c(=O)[nH]2)ccc1OC(=O)c1cccs1. The number of H-pyrrole nitrogens is 1. The summed E-state index contributed by atoms with van der Waals surface area (Å²) in [5.41, 5.74) is 3.18. The maximum Gasteiger partial charge on any atom is 0.353 e. The number of rotatable bonds is 6. The first-order chi connectivity index (χ1) is 13.1. The molecule has 0 spiro atoms. The summed E-state index contributed by atoms with van der Waals surface area (Å²) in [7, 11) is 1.48. The molecule has 0 atom stereocenters. The molecule has 1 aromatic carbocycles. The lowest BCUT2D eigenvalue weighted by Gasteiger charge is -2.09. The van der Waals surface area contributed by atoms with Crippen LogP contribution in [0.25, 0.3) is 0 Å². The van der Waals surface area contributed by atoms with Crippen molar-refractivity contribution in [1.29, 1.82) is 0 Å². The number of esters is 1. The Kier molecular flexibility index (Phi) is 5.57. The van der Waals surface area contributed by atoms with E-state index in [0.29, 0.717) is 21.9 Å². The summed E-state index contributed by atoms with van der Waals surface area (Å²) in [6.07, 6.45) is 1.49. The van der Waals surface area contributed by atoms with Gasteiger partial charge in [-0.3, -0.25) is 9.78 Å². The van der Waals surface area contributed by atoms with E-state index < -0.39 is 5.97 Å². The molecular formula is C17H15N5O4S. The number of aromatic amines is 1. The Morgan fingerprint density at radius 2 is 2.15 bits per heavy atom. The van der Waals surface area contributed by atoms with Crippen LogP contribution in [0.3, 0.4) is 0 Å². The maximum absolute atomic E-state index is 12.1.